The van der Waals surface area contributed by atoms with E-state index in [4.69, 9.17) is 0 Å². The number of nitrogens with zero attached hydrogens (tertiary/aromatic N) is 1. The summed E-state index contributed by atoms with van der Waals surface area (Å²) in [6.45, 7) is 0. The van der Waals surface area contributed by atoms with E-state index >= 15 is 0 Å². The van der Waals surface area contributed by atoms with Crippen LogP contribution in [0.4, 0.5) is 5.13 Å². The van der Waals surface area contributed by atoms with Gasteiger partial charge < -0.3 is 9.72 Å². The zero-order chi connectivity index (χ0) is 17.1. The number of rotatable bonds is 4. The first-order valence-electron chi connectivity index (χ1n) is 6.87. The van der Waals surface area contributed by atoms with Gasteiger partial charge in [-0.05, 0) is 40.8 Å². The van der Waals surface area contributed by atoms with Gasteiger partial charge in [0.2, 0.25) is 0 Å². The second-order valence-electron chi connectivity index (χ2n) is 4.77. The molecule has 0 bridgehead atoms. The summed E-state index contributed by atoms with van der Waals surface area (Å²) in [5.74, 6) is -0.645. The second-order valence-corrected chi connectivity index (χ2v) is 6.79. The highest BCUT2D eigenvalue weighted by Crippen LogP contribution is 2.26. The van der Waals surface area contributed by atoms with Crippen molar-refractivity contribution < 1.29 is 14.3 Å². The number of amides is 1. The van der Waals surface area contributed by atoms with E-state index in [0.29, 0.717) is 22.1 Å². The maximum atomic E-state index is 12.3. The molecule has 0 aliphatic carbocycles. The predicted molar refractivity (Wildman–Crippen MR) is 100 cm³/mol. The molecular formula is C16H12IN3O3S. The van der Waals surface area contributed by atoms with Crippen molar-refractivity contribution in [1.82, 2.24) is 9.97 Å². The van der Waals surface area contributed by atoms with Crippen LogP contribution >= 0.6 is 33.9 Å². The number of carbonyl (C=O) groups is 2. The number of anilines is 1. The molecule has 24 heavy (non-hydrogen) atoms. The van der Waals surface area contributed by atoms with Gasteiger partial charge in [0.15, 0.2) is 5.13 Å². The largest absolute Gasteiger partial charge is 0.464 e. The minimum absolute atomic E-state index is 0.204. The number of hydrogen-bond donors (Lipinski definition) is 2. The van der Waals surface area contributed by atoms with E-state index in [1.54, 1.807) is 18.3 Å². The summed E-state index contributed by atoms with van der Waals surface area (Å²) in [7, 11) is 1.32. The summed E-state index contributed by atoms with van der Waals surface area (Å²) in [6.07, 6.45) is 1.67. The summed E-state index contributed by atoms with van der Waals surface area (Å²) in [5.41, 5.74) is 2.38. The fourth-order valence-corrected chi connectivity index (χ4v) is 3.39. The summed E-state index contributed by atoms with van der Waals surface area (Å²) < 4.78 is 5.53. The maximum Gasteiger partial charge on any atom is 0.354 e. The molecule has 1 aromatic carbocycles. The molecule has 0 spiro atoms. The number of thiazole rings is 1. The van der Waals surface area contributed by atoms with Crippen molar-refractivity contribution in [3.8, 4) is 11.3 Å². The number of H-pyrrole nitrogens is 1. The highest BCUT2D eigenvalue weighted by atomic mass is 127. The van der Waals surface area contributed by atoms with Gasteiger partial charge in [-0.3, -0.25) is 10.1 Å². The van der Waals surface area contributed by atoms with Crippen molar-refractivity contribution in [3.63, 3.8) is 0 Å². The van der Waals surface area contributed by atoms with Crippen LogP contribution in [0.2, 0.25) is 0 Å². The molecule has 0 aliphatic rings. The van der Waals surface area contributed by atoms with Gasteiger partial charge in [0.05, 0.1) is 18.4 Å². The van der Waals surface area contributed by atoms with Crippen LogP contribution in [0.1, 0.15) is 20.8 Å². The monoisotopic (exact) mass is 453 g/mol. The molecule has 122 valence electrons. The Labute approximate surface area is 155 Å². The smallest absolute Gasteiger partial charge is 0.354 e. The fraction of sp³-hybridized carbons (Fsp3) is 0.0625. The van der Waals surface area contributed by atoms with E-state index in [1.807, 2.05) is 23.6 Å². The molecule has 0 radical (unpaired) electrons. The van der Waals surface area contributed by atoms with Crippen molar-refractivity contribution in [3.05, 3.63) is 56.7 Å². The molecule has 3 aromatic rings. The van der Waals surface area contributed by atoms with Crippen LogP contribution in [0.25, 0.3) is 11.3 Å². The number of methoxy groups -OCH3 is 1. The van der Waals surface area contributed by atoms with Gasteiger partial charge in [-0.2, -0.15) is 0 Å². The molecule has 3 rings (SSSR count). The zero-order valence-electron chi connectivity index (χ0n) is 12.5. The summed E-state index contributed by atoms with van der Waals surface area (Å²) in [5, 5.41) is 5.10. The van der Waals surface area contributed by atoms with Crippen LogP contribution in [0.15, 0.2) is 41.9 Å². The van der Waals surface area contributed by atoms with Crippen molar-refractivity contribution in [1.29, 1.82) is 0 Å². The van der Waals surface area contributed by atoms with Gasteiger partial charge >= 0.3 is 5.97 Å². The Morgan fingerprint density at radius 2 is 2.12 bits per heavy atom. The molecule has 0 saturated carbocycles. The standard InChI is InChI=1S/C16H12IN3O3S/c1-23-15(22)12-6-9(7-18-12)13-8-24-16(19-13)20-14(21)10-4-2-3-5-11(10)17/h2-8,18H,1H3,(H,19,20,21). The minimum atomic E-state index is -0.441. The minimum Gasteiger partial charge on any atom is -0.464 e. The Bertz CT molecular complexity index is 903. The van der Waals surface area contributed by atoms with Crippen molar-refractivity contribution in [2.45, 2.75) is 0 Å². The number of esters is 1. The molecule has 0 aliphatic heterocycles. The van der Waals surface area contributed by atoms with Crippen molar-refractivity contribution >= 4 is 50.9 Å². The second kappa shape index (κ2) is 7.14. The lowest BCUT2D eigenvalue weighted by Gasteiger charge is -2.03. The quantitative estimate of drug-likeness (QED) is 0.465. The van der Waals surface area contributed by atoms with Crippen LogP contribution in [-0.2, 0) is 4.74 Å². The molecule has 0 saturated heterocycles. The summed E-state index contributed by atoms with van der Waals surface area (Å²) in [4.78, 5) is 31.0. The third kappa shape index (κ3) is 3.49. The Kier molecular flexibility index (Phi) is 4.95. The van der Waals surface area contributed by atoms with Gasteiger partial charge in [-0.15, -0.1) is 11.3 Å². The lowest BCUT2D eigenvalue weighted by Crippen LogP contribution is -2.13. The van der Waals surface area contributed by atoms with Gasteiger partial charge in [-0.1, -0.05) is 12.1 Å². The molecule has 0 fully saturated rings. The summed E-state index contributed by atoms with van der Waals surface area (Å²) >= 11 is 3.44. The highest BCUT2D eigenvalue weighted by Gasteiger charge is 2.14. The number of hydrogen-bond acceptors (Lipinski definition) is 5. The molecule has 2 heterocycles. The van der Waals surface area contributed by atoms with Crippen LogP contribution in [0, 0.1) is 3.57 Å². The molecule has 8 heteroatoms. The van der Waals surface area contributed by atoms with E-state index in [0.717, 1.165) is 9.13 Å². The molecule has 2 N–H and O–H groups in total. The highest BCUT2D eigenvalue weighted by molar-refractivity contribution is 14.1. The third-order valence-electron chi connectivity index (χ3n) is 3.23. The third-order valence-corrected chi connectivity index (χ3v) is 4.93. The maximum absolute atomic E-state index is 12.3. The van der Waals surface area contributed by atoms with Crippen LogP contribution in [0.5, 0.6) is 0 Å². The number of aromatic amines is 1. The fourth-order valence-electron chi connectivity index (χ4n) is 2.04. The molecule has 0 atom stereocenters. The van der Waals surface area contributed by atoms with Gasteiger partial charge in [0.25, 0.3) is 5.91 Å². The first kappa shape index (κ1) is 16.7. The molecular weight excluding hydrogens is 441 g/mol. The zero-order valence-corrected chi connectivity index (χ0v) is 15.5. The topological polar surface area (TPSA) is 84.1 Å². The Morgan fingerprint density at radius 1 is 1.33 bits per heavy atom. The van der Waals surface area contributed by atoms with E-state index < -0.39 is 5.97 Å². The molecule has 2 aromatic heterocycles. The van der Waals surface area contributed by atoms with Crippen molar-refractivity contribution in [2.24, 2.45) is 0 Å². The van der Waals surface area contributed by atoms with Crippen LogP contribution < -0.4 is 5.32 Å². The number of ether oxygens (including phenoxy) is 1. The first-order chi connectivity index (χ1) is 11.6. The van der Waals surface area contributed by atoms with Gasteiger partial charge in [0, 0.05) is 20.7 Å². The Hall–Kier alpha value is -2.20. The average Bonchev–Trinajstić information content (AvgIpc) is 3.23. The average molecular weight is 453 g/mol. The number of benzene rings is 1. The van der Waals surface area contributed by atoms with E-state index in [1.165, 1.54) is 18.4 Å². The Balaban J connectivity index is 1.76. The first-order valence-corrected chi connectivity index (χ1v) is 8.83. The Morgan fingerprint density at radius 3 is 2.88 bits per heavy atom. The van der Waals surface area contributed by atoms with Crippen molar-refractivity contribution in [2.75, 3.05) is 12.4 Å². The molecule has 6 nitrogen and oxygen atoms in total. The van der Waals surface area contributed by atoms with E-state index in [2.05, 4.69) is 42.6 Å². The number of aromatic nitrogens is 2. The van der Waals surface area contributed by atoms with Crippen LogP contribution in [0.3, 0.4) is 0 Å². The lowest BCUT2D eigenvalue weighted by atomic mass is 10.2. The molecule has 1 amide bonds. The van der Waals surface area contributed by atoms with Crippen LogP contribution in [-0.4, -0.2) is 29.0 Å². The lowest BCUT2D eigenvalue weighted by molar-refractivity contribution is 0.0594. The SMILES string of the molecule is COC(=O)c1cc(-c2csc(NC(=O)c3ccccc3I)n2)c[nH]1. The van der Waals surface area contributed by atoms with E-state index in [9.17, 15) is 9.59 Å². The normalized spacial score (nSPS) is 10.4. The predicted octanol–water partition coefficient (Wildman–Crippen LogP) is 3.78. The number of halogens is 1. The molecule has 0 unspecified atom stereocenters. The van der Waals surface area contributed by atoms with Gasteiger partial charge in [-0.25, -0.2) is 9.78 Å². The van der Waals surface area contributed by atoms with Gasteiger partial charge in [0.1, 0.15) is 5.69 Å². The number of carbonyl (C=O) groups excluding carboxylic acids is 2. The van der Waals surface area contributed by atoms with E-state index in [-0.39, 0.29) is 5.91 Å². The summed E-state index contributed by atoms with van der Waals surface area (Å²) in [6, 6.07) is 8.99. The number of nitrogens with one attached hydrogen (secondary N) is 2.